The maximum Gasteiger partial charge on any atom is 0.338 e. The molecule has 116 valence electrons. The predicted octanol–water partition coefficient (Wildman–Crippen LogP) is 1.71. The number of aryl methyl sites for hydroxylation is 1. The number of anilines is 1. The Balaban J connectivity index is 2.58. The van der Waals surface area contributed by atoms with Crippen LogP contribution in [0.2, 0.25) is 0 Å². The van der Waals surface area contributed by atoms with Gasteiger partial charge in [-0.2, -0.15) is 0 Å². The molecule has 1 heterocycles. The molecule has 21 heavy (non-hydrogen) atoms. The van der Waals surface area contributed by atoms with Crippen LogP contribution in [0.4, 0.5) is 9.80 Å². The van der Waals surface area contributed by atoms with Gasteiger partial charge in [0.1, 0.15) is 5.00 Å². The molecule has 0 unspecified atom stereocenters. The highest BCUT2D eigenvalue weighted by Crippen LogP contribution is 2.32. The molecule has 1 aromatic rings. The number of amides is 3. The average molecular weight is 313 g/mol. The van der Waals surface area contributed by atoms with E-state index in [9.17, 15) is 14.4 Å². The van der Waals surface area contributed by atoms with Crippen LogP contribution >= 0.6 is 11.3 Å². The fourth-order valence-electron chi connectivity index (χ4n) is 1.69. The van der Waals surface area contributed by atoms with E-state index in [-0.39, 0.29) is 24.4 Å². The average Bonchev–Trinajstić information content (AvgIpc) is 2.64. The lowest BCUT2D eigenvalue weighted by atomic mass is 10.1. The fraction of sp³-hybridized carbons (Fsp3) is 0.462. The van der Waals surface area contributed by atoms with E-state index in [0.717, 1.165) is 4.88 Å². The number of aromatic carboxylic acids is 1. The Morgan fingerprint density at radius 2 is 1.86 bits per heavy atom. The van der Waals surface area contributed by atoms with Crippen molar-refractivity contribution in [3.8, 4) is 0 Å². The molecule has 0 fully saturated rings. The van der Waals surface area contributed by atoms with Crippen LogP contribution in [0.3, 0.4) is 0 Å². The summed E-state index contributed by atoms with van der Waals surface area (Å²) in [5.41, 5.74) is 0.751. The number of hydrogen-bond acceptors (Lipinski definition) is 4. The first kappa shape index (κ1) is 17.0. The van der Waals surface area contributed by atoms with Crippen molar-refractivity contribution < 1.29 is 19.5 Å². The van der Waals surface area contributed by atoms with E-state index < -0.39 is 12.0 Å². The number of thiophene rings is 1. The van der Waals surface area contributed by atoms with Crippen LogP contribution in [0.5, 0.6) is 0 Å². The molecular formula is C13H19N3O4S. The molecule has 0 aliphatic carbocycles. The molecule has 3 amide bonds. The third-order valence-electron chi connectivity index (χ3n) is 2.84. The number of nitrogens with one attached hydrogen (secondary N) is 3. The molecule has 1 aromatic heterocycles. The van der Waals surface area contributed by atoms with Crippen molar-refractivity contribution in [2.75, 3.05) is 18.4 Å². The molecular weight excluding hydrogens is 294 g/mol. The van der Waals surface area contributed by atoms with Crippen molar-refractivity contribution in [3.63, 3.8) is 0 Å². The van der Waals surface area contributed by atoms with Crippen LogP contribution in [-0.4, -0.2) is 36.1 Å². The highest BCUT2D eigenvalue weighted by Gasteiger charge is 2.20. The Kier molecular flexibility index (Phi) is 6.16. The molecule has 0 atom stereocenters. The quantitative estimate of drug-likeness (QED) is 0.641. The summed E-state index contributed by atoms with van der Waals surface area (Å²) in [6.45, 7) is 6.04. The van der Waals surface area contributed by atoms with Crippen molar-refractivity contribution in [2.45, 2.75) is 27.2 Å². The van der Waals surface area contributed by atoms with Crippen molar-refractivity contribution in [1.29, 1.82) is 0 Å². The van der Waals surface area contributed by atoms with Gasteiger partial charge >= 0.3 is 12.0 Å². The van der Waals surface area contributed by atoms with Gasteiger partial charge in [0.15, 0.2) is 0 Å². The third kappa shape index (κ3) is 4.75. The zero-order valence-electron chi connectivity index (χ0n) is 12.2. The first-order chi connectivity index (χ1) is 9.86. The van der Waals surface area contributed by atoms with Crippen molar-refractivity contribution in [3.05, 3.63) is 16.0 Å². The summed E-state index contributed by atoms with van der Waals surface area (Å²) >= 11 is 1.21. The zero-order chi connectivity index (χ0) is 16.0. The standard InChI is InChI=1S/C13H19N3O4S/c1-4-14-9(17)5-6-15-13(20)16-11-10(12(18)19)7(2)8(3)21-11/h4-6H2,1-3H3,(H,14,17)(H,18,19)(H2,15,16,20). The Labute approximate surface area is 126 Å². The van der Waals surface area contributed by atoms with Gasteiger partial charge in [0.2, 0.25) is 5.91 Å². The molecule has 7 nitrogen and oxygen atoms in total. The summed E-state index contributed by atoms with van der Waals surface area (Å²) in [5, 5.41) is 17.1. The van der Waals surface area contributed by atoms with Crippen LogP contribution in [0.15, 0.2) is 0 Å². The van der Waals surface area contributed by atoms with Gasteiger partial charge < -0.3 is 15.7 Å². The zero-order valence-corrected chi connectivity index (χ0v) is 13.0. The van der Waals surface area contributed by atoms with Gasteiger partial charge in [-0.05, 0) is 26.3 Å². The molecule has 0 bridgehead atoms. The number of carboxylic acids is 1. The summed E-state index contributed by atoms with van der Waals surface area (Å²) < 4.78 is 0. The van der Waals surface area contributed by atoms with E-state index in [1.807, 2.05) is 6.92 Å². The minimum atomic E-state index is -1.07. The molecule has 0 aliphatic heterocycles. The smallest absolute Gasteiger partial charge is 0.338 e. The first-order valence-corrected chi connectivity index (χ1v) is 7.33. The number of carbonyl (C=O) groups excluding carboxylic acids is 2. The number of urea groups is 1. The van der Waals surface area contributed by atoms with Crippen molar-refractivity contribution in [2.24, 2.45) is 0 Å². The van der Waals surface area contributed by atoms with Gasteiger partial charge in [0.05, 0.1) is 5.56 Å². The maximum atomic E-state index is 11.7. The number of hydrogen-bond donors (Lipinski definition) is 4. The van der Waals surface area contributed by atoms with E-state index >= 15 is 0 Å². The minimum Gasteiger partial charge on any atom is -0.478 e. The van der Waals surface area contributed by atoms with Crippen LogP contribution in [0, 0.1) is 13.8 Å². The van der Waals surface area contributed by atoms with E-state index in [4.69, 9.17) is 5.11 Å². The van der Waals surface area contributed by atoms with Crippen LogP contribution < -0.4 is 16.0 Å². The normalized spacial score (nSPS) is 10.0. The summed E-state index contributed by atoms with van der Waals surface area (Å²) in [7, 11) is 0. The molecule has 1 rings (SSSR count). The van der Waals surface area contributed by atoms with Gasteiger partial charge in [-0.15, -0.1) is 11.3 Å². The van der Waals surface area contributed by atoms with E-state index in [1.165, 1.54) is 11.3 Å². The van der Waals surface area contributed by atoms with E-state index in [1.54, 1.807) is 13.8 Å². The molecule has 0 radical (unpaired) electrons. The monoisotopic (exact) mass is 313 g/mol. The van der Waals surface area contributed by atoms with Gasteiger partial charge in [-0.3, -0.25) is 10.1 Å². The summed E-state index contributed by atoms with van der Waals surface area (Å²) in [6, 6.07) is -0.525. The number of carboxylic acid groups (broad SMARTS) is 1. The predicted molar refractivity (Wildman–Crippen MR) is 81.1 cm³/mol. The largest absolute Gasteiger partial charge is 0.478 e. The maximum absolute atomic E-state index is 11.7. The van der Waals surface area contributed by atoms with E-state index in [0.29, 0.717) is 17.1 Å². The Morgan fingerprint density at radius 3 is 2.43 bits per heavy atom. The van der Waals surface area contributed by atoms with Crippen molar-refractivity contribution in [1.82, 2.24) is 10.6 Å². The number of rotatable bonds is 6. The topological polar surface area (TPSA) is 108 Å². The number of carbonyl (C=O) groups is 3. The Bertz CT molecular complexity index is 554. The molecule has 0 saturated carbocycles. The van der Waals surface area contributed by atoms with Gasteiger partial charge in [-0.1, -0.05) is 0 Å². The third-order valence-corrected chi connectivity index (χ3v) is 3.96. The van der Waals surface area contributed by atoms with Crippen molar-refractivity contribution >= 4 is 34.2 Å². The van der Waals surface area contributed by atoms with Crippen LogP contribution in [0.25, 0.3) is 0 Å². The summed E-state index contributed by atoms with van der Waals surface area (Å²) in [4.78, 5) is 35.0. The molecule has 0 aromatic carbocycles. The minimum absolute atomic E-state index is 0.108. The van der Waals surface area contributed by atoms with Gasteiger partial charge in [0, 0.05) is 24.4 Å². The molecule has 0 aliphatic rings. The van der Waals surface area contributed by atoms with Crippen LogP contribution in [0.1, 0.15) is 34.1 Å². The lowest BCUT2D eigenvalue weighted by Crippen LogP contribution is -2.33. The van der Waals surface area contributed by atoms with Gasteiger partial charge in [0.25, 0.3) is 0 Å². The van der Waals surface area contributed by atoms with E-state index in [2.05, 4.69) is 16.0 Å². The Morgan fingerprint density at radius 1 is 1.19 bits per heavy atom. The summed E-state index contributed by atoms with van der Waals surface area (Å²) in [5.74, 6) is -1.22. The lowest BCUT2D eigenvalue weighted by Gasteiger charge is -2.07. The Hall–Kier alpha value is -2.09. The SMILES string of the molecule is CCNC(=O)CCNC(=O)Nc1sc(C)c(C)c1C(=O)O. The molecule has 0 spiro atoms. The first-order valence-electron chi connectivity index (χ1n) is 6.51. The van der Waals surface area contributed by atoms with Gasteiger partial charge in [-0.25, -0.2) is 9.59 Å². The summed E-state index contributed by atoms with van der Waals surface area (Å²) in [6.07, 6.45) is 0.176. The highest BCUT2D eigenvalue weighted by atomic mass is 32.1. The fourth-order valence-corrected chi connectivity index (χ4v) is 2.74. The second kappa shape index (κ2) is 7.63. The second-order valence-corrected chi connectivity index (χ2v) is 5.60. The molecule has 0 saturated heterocycles. The molecule has 4 N–H and O–H groups in total. The second-order valence-electron chi connectivity index (χ2n) is 4.38. The highest BCUT2D eigenvalue weighted by molar-refractivity contribution is 7.16. The van der Waals surface area contributed by atoms with Crippen LogP contribution in [-0.2, 0) is 4.79 Å². The molecule has 8 heteroatoms. The lowest BCUT2D eigenvalue weighted by molar-refractivity contribution is -0.120.